The summed E-state index contributed by atoms with van der Waals surface area (Å²) in [7, 11) is 0. The number of fused-ring (bicyclic) bond motifs is 7. The molecule has 0 fully saturated rings. The van der Waals surface area contributed by atoms with Gasteiger partial charge in [-0.15, -0.1) is 11.3 Å². The minimum atomic E-state index is -0.0298. The molecule has 0 radical (unpaired) electrons. The molecule has 0 amide bonds. The molecular weight excluding hydrogens is 804 g/mol. The molecule has 0 saturated carbocycles. The minimum absolute atomic E-state index is 0.0176. The van der Waals surface area contributed by atoms with Crippen LogP contribution in [0.3, 0.4) is 0 Å². The van der Waals surface area contributed by atoms with Crippen LogP contribution in [0.4, 0.5) is 34.1 Å². The zero-order chi connectivity index (χ0) is 47.5. The summed E-state index contributed by atoms with van der Waals surface area (Å²) in [5.41, 5.74) is 21.9. The second kappa shape index (κ2) is 14.4. The predicted molar refractivity (Wildman–Crippen MR) is 289 cm³/mol. The third-order valence-electron chi connectivity index (χ3n) is 15.5. The topological polar surface area (TPSA) is 6.48 Å². The molecular formula is C61H77BN2S. The van der Waals surface area contributed by atoms with E-state index in [2.05, 4.69) is 238 Å². The van der Waals surface area contributed by atoms with Crippen LogP contribution in [0.5, 0.6) is 0 Å². The van der Waals surface area contributed by atoms with E-state index < -0.39 is 0 Å². The third kappa shape index (κ3) is 7.61. The van der Waals surface area contributed by atoms with E-state index in [0.717, 1.165) is 0 Å². The Bertz CT molecular complexity index is 2860. The van der Waals surface area contributed by atoms with Gasteiger partial charge in [-0.2, -0.15) is 0 Å². The molecule has 0 saturated heterocycles. The fourth-order valence-corrected chi connectivity index (χ4v) is 12.2. The maximum absolute atomic E-state index is 2.73. The van der Waals surface area contributed by atoms with Crippen molar-refractivity contribution in [3.05, 3.63) is 123 Å². The molecule has 2 nitrogen and oxygen atoms in total. The van der Waals surface area contributed by atoms with E-state index in [1.807, 2.05) is 0 Å². The fourth-order valence-electron chi connectivity index (χ4n) is 10.9. The van der Waals surface area contributed by atoms with Crippen molar-refractivity contribution < 1.29 is 0 Å². The van der Waals surface area contributed by atoms with Crippen LogP contribution in [0.15, 0.2) is 78.9 Å². The molecule has 2 aliphatic heterocycles. The SMILES string of the molecule is Cc1cc2c3c(c1)N(c1cc(C(C)(C)C)cc(C(C)(C)C)c1)c1c(sc4cc5c(cc14)C(C)(C)CCC5(C)C)B3c1ccc(C(C)(C)C)cc1N2c1cc(C(C)(C)C)cc(C(C)(C)C)c1. The van der Waals surface area contributed by atoms with Crippen molar-refractivity contribution in [2.24, 2.45) is 0 Å². The number of nitrogens with zero attached hydrogens (tertiary/aromatic N) is 2. The second-order valence-corrected chi connectivity index (χ2v) is 27.9. The van der Waals surface area contributed by atoms with Gasteiger partial charge in [0.15, 0.2) is 0 Å². The van der Waals surface area contributed by atoms with Crippen LogP contribution >= 0.6 is 11.3 Å². The summed E-state index contributed by atoms with van der Waals surface area (Å²) >= 11 is 2.06. The predicted octanol–water partition coefficient (Wildman–Crippen LogP) is 16.1. The standard InChI is InChI=1S/C61H77BN2S/c1-36-25-49-52-50(26-36)64(43-31-40(58(11,12)13)28-41(32-43)59(14,15)16)53-44-34-45-46(61(19,20)24-23-60(45,17)18)35-51(44)65-54(53)62(52)47-22-21-37(55(2,3)4)33-48(47)63(49)42-29-38(56(5,6)7)27-39(30-42)57(8,9)10/h21-22,25-35H,23-24H2,1-20H3. The van der Waals surface area contributed by atoms with E-state index in [1.165, 1.54) is 117 Å². The summed E-state index contributed by atoms with van der Waals surface area (Å²) in [6.45, 7) is 47.8. The van der Waals surface area contributed by atoms with Gasteiger partial charge in [-0.3, -0.25) is 0 Å². The van der Waals surface area contributed by atoms with E-state index in [-0.39, 0.29) is 44.6 Å². The van der Waals surface area contributed by atoms with Crippen LogP contribution in [0.2, 0.25) is 0 Å². The number of anilines is 6. The quantitative estimate of drug-likeness (QED) is 0.160. The molecule has 9 rings (SSSR count). The summed E-state index contributed by atoms with van der Waals surface area (Å²) < 4.78 is 2.86. The summed E-state index contributed by atoms with van der Waals surface area (Å²) in [6, 6.07) is 32.8. The molecule has 0 atom stereocenters. The van der Waals surface area contributed by atoms with E-state index >= 15 is 0 Å². The fraction of sp³-hybridized carbons (Fsp3) is 0.475. The summed E-state index contributed by atoms with van der Waals surface area (Å²) in [4.78, 5) is 5.40. The van der Waals surface area contributed by atoms with Crippen molar-refractivity contribution in [2.45, 2.75) is 189 Å². The van der Waals surface area contributed by atoms with E-state index in [4.69, 9.17) is 0 Å². The van der Waals surface area contributed by atoms with Gasteiger partial charge in [0.05, 0.1) is 5.69 Å². The van der Waals surface area contributed by atoms with Crippen molar-refractivity contribution in [3.63, 3.8) is 0 Å². The Balaban J connectivity index is 1.46. The van der Waals surface area contributed by atoms with Crippen molar-refractivity contribution in [3.8, 4) is 0 Å². The molecule has 65 heavy (non-hydrogen) atoms. The van der Waals surface area contributed by atoms with Gasteiger partial charge in [-0.25, -0.2) is 0 Å². The van der Waals surface area contributed by atoms with Gasteiger partial charge in [0.1, 0.15) is 0 Å². The number of aryl methyl sites for hydroxylation is 1. The largest absolute Gasteiger partial charge is 0.311 e. The van der Waals surface area contributed by atoms with E-state index in [1.54, 1.807) is 0 Å². The zero-order valence-electron chi connectivity index (χ0n) is 43.8. The van der Waals surface area contributed by atoms with Crippen molar-refractivity contribution >= 4 is 78.0 Å². The Morgan fingerprint density at radius 3 is 1.37 bits per heavy atom. The molecule has 5 aromatic carbocycles. The number of hydrogen-bond acceptors (Lipinski definition) is 3. The monoisotopic (exact) mass is 881 g/mol. The minimum Gasteiger partial charge on any atom is -0.311 e. The van der Waals surface area contributed by atoms with Crippen molar-refractivity contribution in [1.82, 2.24) is 0 Å². The number of thiophene rings is 1. The lowest BCUT2D eigenvalue weighted by Crippen LogP contribution is -2.60. The molecule has 3 heterocycles. The lowest BCUT2D eigenvalue weighted by Gasteiger charge is -2.44. The van der Waals surface area contributed by atoms with Crippen molar-refractivity contribution in [2.75, 3.05) is 9.80 Å². The first-order valence-corrected chi connectivity index (χ1v) is 25.4. The highest BCUT2D eigenvalue weighted by molar-refractivity contribution is 7.33. The van der Waals surface area contributed by atoms with E-state index in [0.29, 0.717) is 0 Å². The second-order valence-electron chi connectivity index (χ2n) is 26.9. The van der Waals surface area contributed by atoms with Gasteiger partial charge in [-0.1, -0.05) is 156 Å². The molecule has 0 spiro atoms. The Kier molecular flexibility index (Phi) is 10.1. The first-order chi connectivity index (χ1) is 29.8. The molecule has 0 N–H and O–H groups in total. The highest BCUT2D eigenvalue weighted by Crippen LogP contribution is 2.53. The number of benzene rings is 5. The van der Waals surface area contributed by atoms with E-state index in [9.17, 15) is 0 Å². The first kappa shape index (κ1) is 45.9. The Morgan fingerprint density at radius 1 is 0.477 bits per heavy atom. The molecule has 6 aromatic rings. The number of hydrogen-bond donors (Lipinski definition) is 0. The summed E-state index contributed by atoms with van der Waals surface area (Å²) in [6.07, 6.45) is 2.39. The Hall–Kier alpha value is -4.28. The first-order valence-electron chi connectivity index (χ1n) is 24.6. The van der Waals surface area contributed by atoms with Crippen molar-refractivity contribution in [1.29, 1.82) is 0 Å². The Morgan fingerprint density at radius 2 is 0.908 bits per heavy atom. The van der Waals surface area contributed by atoms with Gasteiger partial charge in [0, 0.05) is 43.3 Å². The van der Waals surface area contributed by atoms with Gasteiger partial charge in [0.25, 0.3) is 6.71 Å². The van der Waals surface area contributed by atoms with Crippen LogP contribution in [0, 0.1) is 6.92 Å². The van der Waals surface area contributed by atoms with Gasteiger partial charge >= 0.3 is 0 Å². The van der Waals surface area contributed by atoms with Gasteiger partial charge < -0.3 is 9.80 Å². The number of rotatable bonds is 2. The molecule has 4 heteroatoms. The third-order valence-corrected chi connectivity index (χ3v) is 16.7. The zero-order valence-corrected chi connectivity index (χ0v) is 44.6. The molecule has 340 valence electrons. The highest BCUT2D eigenvalue weighted by Gasteiger charge is 2.47. The summed E-state index contributed by atoms with van der Waals surface area (Å²) in [5, 5.41) is 1.39. The summed E-state index contributed by atoms with van der Waals surface area (Å²) in [5.74, 6) is 0. The average Bonchev–Trinajstić information content (AvgIpc) is 3.55. The highest BCUT2D eigenvalue weighted by atomic mass is 32.1. The maximum Gasteiger partial charge on any atom is 0.264 e. The lowest BCUT2D eigenvalue weighted by molar-refractivity contribution is 0.332. The molecule has 0 unspecified atom stereocenters. The normalized spacial score (nSPS) is 17.0. The van der Waals surface area contributed by atoms with Crippen LogP contribution < -0.4 is 25.5 Å². The smallest absolute Gasteiger partial charge is 0.264 e. The van der Waals surface area contributed by atoms with Crippen LogP contribution in [-0.2, 0) is 37.9 Å². The van der Waals surface area contributed by atoms with Gasteiger partial charge in [0.2, 0.25) is 0 Å². The van der Waals surface area contributed by atoms with Crippen LogP contribution in [0.1, 0.15) is 189 Å². The van der Waals surface area contributed by atoms with Crippen LogP contribution in [0.25, 0.3) is 10.1 Å². The molecule has 1 aliphatic carbocycles. The Labute approximate surface area is 398 Å². The van der Waals surface area contributed by atoms with Crippen LogP contribution in [-0.4, -0.2) is 6.71 Å². The van der Waals surface area contributed by atoms with Gasteiger partial charge in [-0.05, 0) is 168 Å². The average molecular weight is 881 g/mol. The molecule has 3 aliphatic rings. The molecule has 0 bridgehead atoms. The maximum atomic E-state index is 2.73. The lowest BCUT2D eigenvalue weighted by atomic mass is 9.36. The molecule has 1 aromatic heterocycles.